The highest BCUT2D eigenvalue weighted by atomic mass is 16.5. The number of aryl methyl sites for hydroxylation is 1. The monoisotopic (exact) mass is 276 g/mol. The second-order valence-corrected chi connectivity index (χ2v) is 5.03. The highest BCUT2D eigenvalue weighted by Gasteiger charge is 2.29. The number of likely N-dealkylation sites (tertiary alicyclic amines) is 1. The predicted molar refractivity (Wildman–Crippen MR) is 74.2 cm³/mol. The van der Waals surface area contributed by atoms with Crippen molar-refractivity contribution in [3.8, 4) is 0 Å². The molecule has 0 saturated carbocycles. The summed E-state index contributed by atoms with van der Waals surface area (Å²) in [6.07, 6.45) is 3.26. The van der Waals surface area contributed by atoms with E-state index in [1.807, 2.05) is 6.92 Å². The van der Waals surface area contributed by atoms with Gasteiger partial charge in [0.15, 0.2) is 0 Å². The van der Waals surface area contributed by atoms with E-state index in [9.17, 15) is 9.59 Å². The minimum absolute atomic E-state index is 0.0375. The van der Waals surface area contributed by atoms with E-state index in [1.54, 1.807) is 30.2 Å². The van der Waals surface area contributed by atoms with Gasteiger partial charge in [0, 0.05) is 30.5 Å². The van der Waals surface area contributed by atoms with Gasteiger partial charge in [-0.15, -0.1) is 0 Å². The number of hydrogen-bond donors (Lipinski definition) is 0. The van der Waals surface area contributed by atoms with Crippen LogP contribution in [0.3, 0.4) is 0 Å². The molecule has 1 saturated heterocycles. The zero-order valence-electron chi connectivity index (χ0n) is 12.0. The van der Waals surface area contributed by atoms with E-state index >= 15 is 0 Å². The highest BCUT2D eigenvalue weighted by Crippen LogP contribution is 2.20. The Hall–Kier alpha value is -1.91. The van der Waals surface area contributed by atoms with E-state index in [0.29, 0.717) is 25.3 Å². The highest BCUT2D eigenvalue weighted by molar-refractivity contribution is 5.94. The fraction of sp³-hybridized carbons (Fsp3) is 0.533. The number of rotatable bonds is 3. The molecule has 0 bridgehead atoms. The van der Waals surface area contributed by atoms with Gasteiger partial charge in [0.1, 0.15) is 0 Å². The summed E-state index contributed by atoms with van der Waals surface area (Å²) >= 11 is 0. The van der Waals surface area contributed by atoms with Crippen molar-refractivity contribution in [2.75, 3.05) is 19.7 Å². The van der Waals surface area contributed by atoms with Crippen molar-refractivity contribution in [1.29, 1.82) is 0 Å². The van der Waals surface area contributed by atoms with Crippen LogP contribution in [-0.2, 0) is 9.53 Å². The smallest absolute Gasteiger partial charge is 0.310 e. The Labute approximate surface area is 118 Å². The van der Waals surface area contributed by atoms with Crippen LogP contribution in [0, 0.1) is 12.8 Å². The van der Waals surface area contributed by atoms with Gasteiger partial charge in [-0.1, -0.05) is 0 Å². The molecule has 1 aliphatic heterocycles. The molecule has 20 heavy (non-hydrogen) atoms. The molecular formula is C15H20N2O3. The second kappa shape index (κ2) is 6.50. The normalized spacial score (nSPS) is 18.7. The van der Waals surface area contributed by atoms with Crippen molar-refractivity contribution < 1.29 is 14.3 Å². The van der Waals surface area contributed by atoms with Crippen LogP contribution in [0.25, 0.3) is 0 Å². The predicted octanol–water partition coefficient (Wildman–Crippen LogP) is 1.81. The Balaban J connectivity index is 2.05. The lowest BCUT2D eigenvalue weighted by Gasteiger charge is -2.31. The third-order valence-corrected chi connectivity index (χ3v) is 3.47. The molecule has 108 valence electrons. The van der Waals surface area contributed by atoms with Crippen molar-refractivity contribution in [2.45, 2.75) is 26.7 Å². The Morgan fingerprint density at radius 3 is 3.00 bits per heavy atom. The largest absolute Gasteiger partial charge is 0.466 e. The van der Waals surface area contributed by atoms with E-state index < -0.39 is 0 Å². The Kier molecular flexibility index (Phi) is 4.71. The minimum Gasteiger partial charge on any atom is -0.466 e. The van der Waals surface area contributed by atoms with Crippen LogP contribution >= 0.6 is 0 Å². The van der Waals surface area contributed by atoms with Crippen LogP contribution in [0.1, 0.15) is 35.8 Å². The minimum atomic E-state index is -0.199. The summed E-state index contributed by atoms with van der Waals surface area (Å²) in [4.78, 5) is 30.0. The molecule has 0 spiro atoms. The Bertz CT molecular complexity index is 502. The van der Waals surface area contributed by atoms with Gasteiger partial charge < -0.3 is 9.64 Å². The number of aromatic nitrogens is 1. The van der Waals surface area contributed by atoms with Crippen molar-refractivity contribution in [3.05, 3.63) is 29.6 Å². The average molecular weight is 276 g/mol. The molecule has 1 atom stereocenters. The fourth-order valence-corrected chi connectivity index (χ4v) is 2.48. The summed E-state index contributed by atoms with van der Waals surface area (Å²) in [6, 6.07) is 3.49. The Morgan fingerprint density at radius 2 is 2.30 bits per heavy atom. The van der Waals surface area contributed by atoms with Crippen LogP contribution in [0.5, 0.6) is 0 Å². The number of amides is 1. The summed E-state index contributed by atoms with van der Waals surface area (Å²) in [7, 11) is 0. The third kappa shape index (κ3) is 3.35. The zero-order valence-corrected chi connectivity index (χ0v) is 12.0. The maximum absolute atomic E-state index is 12.4. The number of pyridine rings is 1. The molecule has 0 unspecified atom stereocenters. The SMILES string of the molecule is CCOC(=O)[C@H]1CCCN(C(=O)c2ccnc(C)c2)C1. The first-order valence-electron chi connectivity index (χ1n) is 7.00. The molecule has 1 aromatic heterocycles. The first-order chi connectivity index (χ1) is 9.61. The van der Waals surface area contributed by atoms with Gasteiger partial charge in [-0.2, -0.15) is 0 Å². The first-order valence-corrected chi connectivity index (χ1v) is 7.00. The lowest BCUT2D eigenvalue weighted by Crippen LogP contribution is -2.42. The van der Waals surface area contributed by atoms with Crippen LogP contribution in [-0.4, -0.2) is 41.5 Å². The van der Waals surface area contributed by atoms with E-state index in [4.69, 9.17) is 4.74 Å². The zero-order chi connectivity index (χ0) is 14.5. The third-order valence-electron chi connectivity index (χ3n) is 3.47. The van der Waals surface area contributed by atoms with Crippen molar-refractivity contribution in [1.82, 2.24) is 9.88 Å². The number of carbonyl (C=O) groups is 2. The standard InChI is InChI=1S/C15H20N2O3/c1-3-20-15(19)13-5-4-8-17(10-13)14(18)12-6-7-16-11(2)9-12/h6-7,9,13H,3-5,8,10H2,1-2H3/t13-/m0/s1. The molecular weight excluding hydrogens is 256 g/mol. The van der Waals surface area contributed by atoms with E-state index in [0.717, 1.165) is 18.5 Å². The van der Waals surface area contributed by atoms with Crippen molar-refractivity contribution in [2.24, 2.45) is 5.92 Å². The molecule has 2 heterocycles. The Morgan fingerprint density at radius 1 is 1.50 bits per heavy atom. The average Bonchev–Trinajstić information content (AvgIpc) is 2.47. The summed E-state index contributed by atoms with van der Waals surface area (Å²) in [5.41, 5.74) is 1.44. The molecule has 0 N–H and O–H groups in total. The van der Waals surface area contributed by atoms with Crippen LogP contribution in [0.4, 0.5) is 0 Å². The molecule has 0 aromatic carbocycles. The summed E-state index contributed by atoms with van der Waals surface area (Å²) in [5.74, 6) is -0.434. The number of hydrogen-bond acceptors (Lipinski definition) is 4. The first kappa shape index (κ1) is 14.5. The van der Waals surface area contributed by atoms with Gasteiger partial charge in [0.2, 0.25) is 0 Å². The molecule has 5 heteroatoms. The lowest BCUT2D eigenvalue weighted by molar-refractivity contribution is -0.149. The van der Waals surface area contributed by atoms with Gasteiger partial charge in [0.25, 0.3) is 5.91 Å². The molecule has 1 aromatic rings. The van der Waals surface area contributed by atoms with E-state index in [-0.39, 0.29) is 17.8 Å². The molecule has 5 nitrogen and oxygen atoms in total. The maximum atomic E-state index is 12.4. The number of nitrogens with zero attached hydrogens (tertiary/aromatic N) is 2. The number of carbonyl (C=O) groups excluding carboxylic acids is 2. The van der Waals surface area contributed by atoms with Crippen molar-refractivity contribution >= 4 is 11.9 Å². The van der Waals surface area contributed by atoms with Gasteiger partial charge >= 0.3 is 5.97 Å². The van der Waals surface area contributed by atoms with Gasteiger partial charge in [-0.05, 0) is 38.8 Å². The summed E-state index contributed by atoms with van der Waals surface area (Å²) < 4.78 is 5.05. The van der Waals surface area contributed by atoms with Crippen molar-refractivity contribution in [3.63, 3.8) is 0 Å². The van der Waals surface area contributed by atoms with E-state index in [2.05, 4.69) is 4.98 Å². The van der Waals surface area contributed by atoms with Gasteiger partial charge in [-0.25, -0.2) is 0 Å². The molecule has 0 radical (unpaired) electrons. The summed E-state index contributed by atoms with van der Waals surface area (Å²) in [6.45, 7) is 5.17. The molecule has 1 fully saturated rings. The fourth-order valence-electron chi connectivity index (χ4n) is 2.48. The quantitative estimate of drug-likeness (QED) is 0.790. The number of piperidine rings is 1. The summed E-state index contributed by atoms with van der Waals surface area (Å²) in [5, 5.41) is 0. The molecule has 2 rings (SSSR count). The number of esters is 1. The molecule has 0 aliphatic carbocycles. The topological polar surface area (TPSA) is 59.5 Å². The molecule has 1 amide bonds. The maximum Gasteiger partial charge on any atom is 0.310 e. The lowest BCUT2D eigenvalue weighted by atomic mass is 9.97. The second-order valence-electron chi connectivity index (χ2n) is 5.03. The van der Waals surface area contributed by atoms with Crippen LogP contribution in [0.2, 0.25) is 0 Å². The molecule has 1 aliphatic rings. The van der Waals surface area contributed by atoms with Crippen LogP contribution < -0.4 is 0 Å². The van der Waals surface area contributed by atoms with Gasteiger partial charge in [-0.3, -0.25) is 14.6 Å². The number of ether oxygens (including phenoxy) is 1. The van der Waals surface area contributed by atoms with E-state index in [1.165, 1.54) is 0 Å². The van der Waals surface area contributed by atoms with Gasteiger partial charge in [0.05, 0.1) is 12.5 Å². The van der Waals surface area contributed by atoms with Crippen LogP contribution in [0.15, 0.2) is 18.3 Å².